The van der Waals surface area contributed by atoms with Crippen LogP contribution in [-0.2, 0) is 9.53 Å². The van der Waals surface area contributed by atoms with E-state index < -0.39 is 22.6 Å². The number of nitrogens with zero attached hydrogens (tertiary/aromatic N) is 2. The molecule has 0 saturated heterocycles. The van der Waals surface area contributed by atoms with Crippen LogP contribution >= 0.6 is 11.8 Å². The molecule has 0 aliphatic rings. The summed E-state index contributed by atoms with van der Waals surface area (Å²) in [5, 5.41) is 0.00334. The number of para-hydroxylation sites is 2. The maximum absolute atomic E-state index is 14.3. The Morgan fingerprint density at radius 3 is 2.60 bits per heavy atom. The van der Waals surface area contributed by atoms with Crippen molar-refractivity contribution < 1.29 is 13.9 Å². The van der Waals surface area contributed by atoms with Gasteiger partial charge < -0.3 is 4.74 Å². The fourth-order valence-electron chi connectivity index (χ4n) is 2.41. The predicted molar refractivity (Wildman–Crippen MR) is 94.6 cm³/mol. The lowest BCUT2D eigenvalue weighted by Crippen LogP contribution is -2.24. The highest BCUT2D eigenvalue weighted by Gasteiger charge is 2.21. The topological polar surface area (TPSA) is 61.2 Å². The summed E-state index contributed by atoms with van der Waals surface area (Å²) in [5.74, 6) is -0.998. The first-order valence-electron chi connectivity index (χ1n) is 7.54. The Kier molecular flexibility index (Phi) is 4.85. The van der Waals surface area contributed by atoms with E-state index in [0.29, 0.717) is 10.9 Å². The molecule has 128 valence electrons. The van der Waals surface area contributed by atoms with Crippen molar-refractivity contribution in [3.8, 4) is 5.69 Å². The molecule has 2 aromatic carbocycles. The molecule has 5 nitrogen and oxygen atoms in total. The van der Waals surface area contributed by atoms with Crippen LogP contribution in [0.3, 0.4) is 0 Å². The minimum atomic E-state index is -0.601. The monoisotopic (exact) mass is 358 g/mol. The quantitative estimate of drug-likeness (QED) is 0.407. The number of esters is 1. The molecule has 3 rings (SSSR count). The summed E-state index contributed by atoms with van der Waals surface area (Å²) < 4.78 is 20.2. The molecule has 0 unspecified atom stereocenters. The van der Waals surface area contributed by atoms with Gasteiger partial charge in [-0.25, -0.2) is 9.37 Å². The van der Waals surface area contributed by atoms with Crippen LogP contribution in [-0.4, -0.2) is 27.9 Å². The van der Waals surface area contributed by atoms with E-state index in [0.717, 1.165) is 11.8 Å². The van der Waals surface area contributed by atoms with Gasteiger partial charge in [-0.3, -0.25) is 14.2 Å². The Bertz CT molecular complexity index is 1000. The van der Waals surface area contributed by atoms with E-state index in [-0.39, 0.29) is 10.8 Å². The van der Waals surface area contributed by atoms with Crippen LogP contribution in [0.4, 0.5) is 4.39 Å². The van der Waals surface area contributed by atoms with Gasteiger partial charge in [-0.15, -0.1) is 0 Å². The number of fused-ring (bicyclic) bond motifs is 1. The highest BCUT2D eigenvalue weighted by Crippen LogP contribution is 2.26. The van der Waals surface area contributed by atoms with Gasteiger partial charge in [-0.1, -0.05) is 36.0 Å². The number of rotatable bonds is 4. The standard InChI is InChI=1S/C18H15FN2O3S/c1-11(17(23)24-2)25-18-20-14-9-5-3-7-12(14)16(22)21(18)15-10-6-4-8-13(15)19/h3-11H,1-2H3/t11-/m0/s1. The van der Waals surface area contributed by atoms with Crippen LogP contribution in [0.5, 0.6) is 0 Å². The molecule has 1 heterocycles. The fraction of sp³-hybridized carbons (Fsp3) is 0.167. The molecule has 0 N–H and O–H groups in total. The zero-order chi connectivity index (χ0) is 18.0. The van der Waals surface area contributed by atoms with E-state index in [1.54, 1.807) is 43.3 Å². The number of ether oxygens (including phenoxy) is 1. The van der Waals surface area contributed by atoms with Gasteiger partial charge in [-0.2, -0.15) is 0 Å². The smallest absolute Gasteiger partial charge is 0.318 e. The third-order valence-corrected chi connectivity index (χ3v) is 4.68. The first-order valence-corrected chi connectivity index (χ1v) is 8.42. The zero-order valence-corrected chi connectivity index (χ0v) is 14.4. The van der Waals surface area contributed by atoms with Gasteiger partial charge in [0.05, 0.1) is 23.7 Å². The van der Waals surface area contributed by atoms with Crippen molar-refractivity contribution in [2.24, 2.45) is 0 Å². The maximum atomic E-state index is 14.3. The van der Waals surface area contributed by atoms with Crippen molar-refractivity contribution in [3.63, 3.8) is 0 Å². The molecule has 0 aliphatic carbocycles. The van der Waals surface area contributed by atoms with E-state index >= 15 is 0 Å². The number of carbonyl (C=O) groups is 1. The molecule has 0 spiro atoms. The van der Waals surface area contributed by atoms with Crippen molar-refractivity contribution in [1.82, 2.24) is 9.55 Å². The molecule has 1 aromatic heterocycles. The van der Waals surface area contributed by atoms with Crippen LogP contribution in [0, 0.1) is 5.82 Å². The van der Waals surface area contributed by atoms with Crippen LogP contribution in [0.15, 0.2) is 58.5 Å². The minimum absolute atomic E-state index is 0.0883. The van der Waals surface area contributed by atoms with Crippen molar-refractivity contribution in [2.45, 2.75) is 17.3 Å². The van der Waals surface area contributed by atoms with Gasteiger partial charge in [0, 0.05) is 0 Å². The minimum Gasteiger partial charge on any atom is -0.468 e. The molecule has 0 saturated carbocycles. The summed E-state index contributed by atoms with van der Waals surface area (Å²) in [4.78, 5) is 29.2. The highest BCUT2D eigenvalue weighted by atomic mass is 32.2. The number of benzene rings is 2. The average molecular weight is 358 g/mol. The lowest BCUT2D eigenvalue weighted by Gasteiger charge is -2.15. The van der Waals surface area contributed by atoms with Gasteiger partial charge in [0.1, 0.15) is 11.1 Å². The van der Waals surface area contributed by atoms with Gasteiger partial charge in [0.2, 0.25) is 0 Å². The molecule has 0 bridgehead atoms. The number of methoxy groups -OCH3 is 1. The first-order chi connectivity index (χ1) is 12.0. The Balaban J connectivity index is 2.27. The normalized spacial score (nSPS) is 12.1. The van der Waals surface area contributed by atoms with Gasteiger partial charge in [0.15, 0.2) is 5.16 Å². The van der Waals surface area contributed by atoms with Crippen LogP contribution in [0.25, 0.3) is 16.6 Å². The number of halogens is 1. The first kappa shape index (κ1) is 17.2. The summed E-state index contributed by atoms with van der Waals surface area (Å²) in [7, 11) is 1.29. The van der Waals surface area contributed by atoms with E-state index in [1.165, 1.54) is 23.8 Å². The number of thioether (sulfide) groups is 1. The Hall–Kier alpha value is -2.67. The Morgan fingerprint density at radius 1 is 1.20 bits per heavy atom. The molecule has 0 radical (unpaired) electrons. The van der Waals surface area contributed by atoms with Crippen molar-refractivity contribution in [3.05, 3.63) is 64.7 Å². The summed E-state index contributed by atoms with van der Waals surface area (Å²) >= 11 is 1.05. The average Bonchev–Trinajstić information content (AvgIpc) is 2.62. The van der Waals surface area contributed by atoms with Crippen LogP contribution in [0.2, 0.25) is 0 Å². The van der Waals surface area contributed by atoms with Gasteiger partial charge in [-0.05, 0) is 31.2 Å². The molecule has 25 heavy (non-hydrogen) atoms. The Labute approximate surface area is 147 Å². The lowest BCUT2D eigenvalue weighted by atomic mass is 10.2. The summed E-state index contributed by atoms with van der Waals surface area (Å²) in [6.45, 7) is 1.64. The maximum Gasteiger partial charge on any atom is 0.318 e. The largest absolute Gasteiger partial charge is 0.468 e. The molecule has 1 atom stereocenters. The second-order valence-corrected chi connectivity index (χ2v) is 6.59. The van der Waals surface area contributed by atoms with Crippen LogP contribution < -0.4 is 5.56 Å². The van der Waals surface area contributed by atoms with E-state index in [9.17, 15) is 14.0 Å². The number of hydrogen-bond acceptors (Lipinski definition) is 5. The summed E-state index contributed by atoms with van der Waals surface area (Å²) in [6, 6.07) is 12.8. The Morgan fingerprint density at radius 2 is 1.88 bits per heavy atom. The second-order valence-electron chi connectivity index (χ2n) is 5.29. The van der Waals surface area contributed by atoms with Gasteiger partial charge >= 0.3 is 5.97 Å². The lowest BCUT2D eigenvalue weighted by molar-refractivity contribution is -0.139. The van der Waals surface area contributed by atoms with Crippen molar-refractivity contribution in [2.75, 3.05) is 7.11 Å². The van der Waals surface area contributed by atoms with Crippen molar-refractivity contribution in [1.29, 1.82) is 0 Å². The van der Waals surface area contributed by atoms with Crippen molar-refractivity contribution >= 4 is 28.6 Å². The van der Waals surface area contributed by atoms with Crippen LogP contribution in [0.1, 0.15) is 6.92 Å². The number of carbonyl (C=O) groups excluding carboxylic acids is 1. The second kappa shape index (κ2) is 7.06. The third-order valence-electron chi connectivity index (χ3n) is 3.65. The molecule has 0 amide bonds. The molecular weight excluding hydrogens is 343 g/mol. The predicted octanol–water partition coefficient (Wildman–Crippen LogP) is 3.18. The molecule has 0 aliphatic heterocycles. The molecule has 7 heteroatoms. The molecular formula is C18H15FN2O3S. The number of aromatic nitrogens is 2. The third kappa shape index (κ3) is 3.28. The summed E-state index contributed by atoms with van der Waals surface area (Å²) in [6.07, 6.45) is 0. The number of hydrogen-bond donors (Lipinski definition) is 0. The summed E-state index contributed by atoms with van der Waals surface area (Å²) in [5.41, 5.74) is 0.181. The zero-order valence-electron chi connectivity index (χ0n) is 13.6. The van der Waals surface area contributed by atoms with E-state index in [4.69, 9.17) is 4.74 Å². The molecule has 0 fully saturated rings. The highest BCUT2D eigenvalue weighted by molar-refractivity contribution is 8.00. The SMILES string of the molecule is COC(=O)[C@H](C)Sc1nc2ccccc2c(=O)n1-c1ccccc1F. The fourth-order valence-corrected chi connectivity index (χ4v) is 3.36. The molecule has 3 aromatic rings. The van der Waals surface area contributed by atoms with Gasteiger partial charge in [0.25, 0.3) is 5.56 Å². The van der Waals surface area contributed by atoms with E-state index in [1.807, 2.05) is 0 Å². The van der Waals surface area contributed by atoms with E-state index in [2.05, 4.69) is 4.98 Å².